The second-order valence-corrected chi connectivity index (χ2v) is 9.09. The van der Waals surface area contributed by atoms with Crippen LogP contribution in [0.3, 0.4) is 0 Å². The second kappa shape index (κ2) is 9.67. The summed E-state index contributed by atoms with van der Waals surface area (Å²) in [5.41, 5.74) is 3.34. The summed E-state index contributed by atoms with van der Waals surface area (Å²) in [6.45, 7) is 5.00. The van der Waals surface area contributed by atoms with Gasteiger partial charge in [-0.1, -0.05) is 30.3 Å². The van der Waals surface area contributed by atoms with Crippen molar-refractivity contribution in [2.24, 2.45) is 0 Å². The number of aryl methyl sites for hydroxylation is 1. The molecule has 4 rings (SSSR count). The van der Waals surface area contributed by atoms with Crippen LogP contribution in [0.4, 0.5) is 15.1 Å². The van der Waals surface area contributed by atoms with E-state index in [1.165, 1.54) is 30.6 Å². The number of hydrogen-bond acceptors (Lipinski definition) is 5. The van der Waals surface area contributed by atoms with Crippen LogP contribution in [0, 0.1) is 12.7 Å². The van der Waals surface area contributed by atoms with Gasteiger partial charge in [0, 0.05) is 42.3 Å². The SMILES string of the molecule is COC(=O)c1c(NC(=S)N2CCN(c3ccc(F)cc3)CC2)sc(C)c1-c1ccccc1. The molecule has 5 nitrogen and oxygen atoms in total. The van der Waals surface area contributed by atoms with Crippen LogP contribution in [0.15, 0.2) is 54.6 Å². The highest BCUT2D eigenvalue weighted by atomic mass is 32.1. The number of carbonyl (C=O) groups is 1. The van der Waals surface area contributed by atoms with E-state index in [0.29, 0.717) is 15.7 Å². The van der Waals surface area contributed by atoms with E-state index < -0.39 is 0 Å². The number of nitrogens with one attached hydrogen (secondary N) is 1. The summed E-state index contributed by atoms with van der Waals surface area (Å²) in [5, 5.41) is 4.57. The Bertz CT molecular complexity index is 1110. The Morgan fingerprint density at radius 1 is 1.06 bits per heavy atom. The predicted octanol–water partition coefficient (Wildman–Crippen LogP) is 5.17. The fourth-order valence-electron chi connectivity index (χ4n) is 3.88. The van der Waals surface area contributed by atoms with Crippen LogP contribution in [-0.4, -0.2) is 49.3 Å². The van der Waals surface area contributed by atoms with Gasteiger partial charge in [-0.05, 0) is 49.0 Å². The number of piperazine rings is 1. The zero-order valence-corrected chi connectivity index (χ0v) is 19.6. The Kier molecular flexibility index (Phi) is 6.72. The number of anilines is 2. The summed E-state index contributed by atoms with van der Waals surface area (Å²) >= 11 is 7.18. The van der Waals surface area contributed by atoms with Gasteiger partial charge in [-0.3, -0.25) is 0 Å². The van der Waals surface area contributed by atoms with Crippen molar-refractivity contribution in [2.75, 3.05) is 43.5 Å². The fourth-order valence-corrected chi connectivity index (χ4v) is 5.29. The van der Waals surface area contributed by atoms with Crippen LogP contribution >= 0.6 is 23.6 Å². The Labute approximate surface area is 196 Å². The van der Waals surface area contributed by atoms with Crippen LogP contribution in [0.25, 0.3) is 11.1 Å². The molecule has 0 unspecified atom stereocenters. The number of benzene rings is 2. The van der Waals surface area contributed by atoms with Crippen molar-refractivity contribution in [1.29, 1.82) is 0 Å². The molecule has 1 N–H and O–H groups in total. The molecule has 8 heteroatoms. The number of rotatable bonds is 4. The van der Waals surface area contributed by atoms with Gasteiger partial charge in [0.15, 0.2) is 5.11 Å². The molecule has 0 saturated carbocycles. The van der Waals surface area contributed by atoms with Crippen LogP contribution in [-0.2, 0) is 4.74 Å². The molecule has 166 valence electrons. The number of nitrogens with zero attached hydrogens (tertiary/aromatic N) is 2. The monoisotopic (exact) mass is 469 g/mol. The first kappa shape index (κ1) is 22.2. The molecule has 1 saturated heterocycles. The van der Waals surface area contributed by atoms with Crippen molar-refractivity contribution in [3.8, 4) is 11.1 Å². The van der Waals surface area contributed by atoms with Crippen molar-refractivity contribution in [3.63, 3.8) is 0 Å². The molecule has 0 spiro atoms. The molecule has 1 aliphatic heterocycles. The molecule has 0 aliphatic carbocycles. The van der Waals surface area contributed by atoms with E-state index >= 15 is 0 Å². The second-order valence-electron chi connectivity index (χ2n) is 7.48. The number of carbonyl (C=O) groups excluding carboxylic acids is 1. The average molecular weight is 470 g/mol. The molecule has 3 aromatic rings. The standard InChI is InChI=1S/C24H24FN3O2S2/c1-16-20(17-6-4-3-5-7-17)21(23(29)30-2)22(32-16)26-24(31)28-14-12-27(13-15-28)19-10-8-18(25)9-11-19/h3-11H,12-15H2,1-2H3,(H,26,31). The summed E-state index contributed by atoms with van der Waals surface area (Å²) in [4.78, 5) is 18.0. The van der Waals surface area contributed by atoms with Gasteiger partial charge in [-0.15, -0.1) is 11.3 Å². The molecule has 0 atom stereocenters. The largest absolute Gasteiger partial charge is 0.465 e. The number of esters is 1. The lowest BCUT2D eigenvalue weighted by molar-refractivity contribution is 0.0603. The third-order valence-corrected chi connectivity index (χ3v) is 6.90. The number of thiophene rings is 1. The summed E-state index contributed by atoms with van der Waals surface area (Å²) in [6.07, 6.45) is 0. The van der Waals surface area contributed by atoms with E-state index in [2.05, 4.69) is 15.1 Å². The maximum atomic E-state index is 13.2. The minimum absolute atomic E-state index is 0.236. The number of methoxy groups -OCH3 is 1. The topological polar surface area (TPSA) is 44.8 Å². The molecule has 0 bridgehead atoms. The molecule has 0 radical (unpaired) electrons. The maximum absolute atomic E-state index is 13.2. The fraction of sp³-hybridized carbons (Fsp3) is 0.250. The summed E-state index contributed by atoms with van der Waals surface area (Å²) in [5.74, 6) is -0.625. The van der Waals surface area contributed by atoms with E-state index in [0.717, 1.165) is 47.9 Å². The highest BCUT2D eigenvalue weighted by Crippen LogP contribution is 2.40. The molecule has 0 amide bonds. The summed E-state index contributed by atoms with van der Waals surface area (Å²) in [7, 11) is 1.39. The van der Waals surface area contributed by atoms with Crippen molar-refractivity contribution < 1.29 is 13.9 Å². The lowest BCUT2D eigenvalue weighted by atomic mass is 10.0. The number of hydrogen-bond donors (Lipinski definition) is 1. The third-order valence-electron chi connectivity index (χ3n) is 5.52. The lowest BCUT2D eigenvalue weighted by Gasteiger charge is -2.37. The minimum atomic E-state index is -0.389. The number of thiocarbonyl (C=S) groups is 1. The van der Waals surface area contributed by atoms with Crippen molar-refractivity contribution in [3.05, 3.63) is 70.9 Å². The smallest absolute Gasteiger partial charge is 0.341 e. The Morgan fingerprint density at radius 2 is 1.72 bits per heavy atom. The maximum Gasteiger partial charge on any atom is 0.341 e. The molecule has 32 heavy (non-hydrogen) atoms. The average Bonchev–Trinajstić information content (AvgIpc) is 3.15. The van der Waals surface area contributed by atoms with Gasteiger partial charge in [0.1, 0.15) is 16.4 Å². The molecular formula is C24H24FN3O2S2. The van der Waals surface area contributed by atoms with Crippen molar-refractivity contribution >= 4 is 45.3 Å². The van der Waals surface area contributed by atoms with Crippen LogP contribution in [0.1, 0.15) is 15.2 Å². The molecule has 2 aromatic carbocycles. The van der Waals surface area contributed by atoms with Crippen LogP contribution in [0.2, 0.25) is 0 Å². The van der Waals surface area contributed by atoms with Crippen LogP contribution < -0.4 is 10.2 Å². The molecule has 1 fully saturated rings. The Morgan fingerprint density at radius 3 is 2.34 bits per heavy atom. The first-order valence-corrected chi connectivity index (χ1v) is 11.5. The number of halogens is 1. The van der Waals surface area contributed by atoms with Gasteiger partial charge >= 0.3 is 5.97 Å². The van der Waals surface area contributed by atoms with Gasteiger partial charge in [0.2, 0.25) is 0 Å². The quantitative estimate of drug-likeness (QED) is 0.420. The molecule has 1 aromatic heterocycles. The van der Waals surface area contributed by atoms with Gasteiger partial charge < -0.3 is 19.9 Å². The molecule has 2 heterocycles. The first-order chi connectivity index (χ1) is 15.5. The van der Waals surface area contributed by atoms with E-state index in [1.54, 1.807) is 12.1 Å². The summed E-state index contributed by atoms with van der Waals surface area (Å²) in [6, 6.07) is 16.4. The highest BCUT2D eigenvalue weighted by Gasteiger charge is 2.26. The highest BCUT2D eigenvalue weighted by molar-refractivity contribution is 7.80. The zero-order chi connectivity index (χ0) is 22.7. The predicted molar refractivity (Wildman–Crippen MR) is 132 cm³/mol. The normalized spacial score (nSPS) is 13.7. The van der Waals surface area contributed by atoms with Gasteiger partial charge in [-0.2, -0.15) is 0 Å². The van der Waals surface area contributed by atoms with E-state index in [4.69, 9.17) is 17.0 Å². The summed E-state index contributed by atoms with van der Waals surface area (Å²) < 4.78 is 18.3. The van der Waals surface area contributed by atoms with Crippen molar-refractivity contribution in [2.45, 2.75) is 6.92 Å². The molecular weight excluding hydrogens is 445 g/mol. The minimum Gasteiger partial charge on any atom is -0.465 e. The van der Waals surface area contributed by atoms with Crippen molar-refractivity contribution in [1.82, 2.24) is 4.90 Å². The van der Waals surface area contributed by atoms with Gasteiger partial charge in [0.05, 0.1) is 7.11 Å². The van der Waals surface area contributed by atoms with Gasteiger partial charge in [0.25, 0.3) is 0 Å². The number of ether oxygens (including phenoxy) is 1. The first-order valence-electron chi connectivity index (χ1n) is 10.3. The Hall–Kier alpha value is -2.97. The van der Waals surface area contributed by atoms with E-state index in [1.807, 2.05) is 37.3 Å². The van der Waals surface area contributed by atoms with E-state index in [9.17, 15) is 9.18 Å². The van der Waals surface area contributed by atoms with Gasteiger partial charge in [-0.25, -0.2) is 9.18 Å². The zero-order valence-electron chi connectivity index (χ0n) is 17.9. The van der Waals surface area contributed by atoms with Crippen LogP contribution in [0.5, 0.6) is 0 Å². The molecule has 1 aliphatic rings. The third kappa shape index (κ3) is 4.61. The Balaban J connectivity index is 1.50. The van der Waals surface area contributed by atoms with E-state index in [-0.39, 0.29) is 11.8 Å². The lowest BCUT2D eigenvalue weighted by Crippen LogP contribution is -2.50.